The van der Waals surface area contributed by atoms with Crippen molar-refractivity contribution in [1.29, 1.82) is 0 Å². The molecule has 0 bridgehead atoms. The standard InChI is InChI=1S/C22H27N3O5/c1-12(7-13(2)24-22(27)28)11-29-16-5-6-17-18-9-21(25-15(4)26)23-10-19(18)14(3)30-20(17)8-16/h5-6,8-10,12-14,24H,7,11H2,1-4H3,(H,27,28)(H,23,25,26)/t12?,13-,14?/m0/s1. The van der Waals surface area contributed by atoms with E-state index in [1.807, 2.05) is 45.0 Å². The number of nitrogens with one attached hydrogen (secondary N) is 2. The minimum atomic E-state index is -1.02. The third-order valence-corrected chi connectivity index (χ3v) is 4.88. The molecule has 1 aliphatic rings. The average molecular weight is 413 g/mol. The SMILES string of the molecule is CC(=O)Nc1cc2c(cn1)C(C)Oc1cc(OCC(C)C[C@H](C)NC(=O)O)ccc1-2. The number of amides is 2. The summed E-state index contributed by atoms with van der Waals surface area (Å²) in [6.07, 6.45) is 1.21. The molecule has 0 radical (unpaired) electrons. The first kappa shape index (κ1) is 21.4. The van der Waals surface area contributed by atoms with Crippen LogP contribution in [0.2, 0.25) is 0 Å². The Balaban J connectivity index is 1.72. The summed E-state index contributed by atoms with van der Waals surface area (Å²) < 4.78 is 12.0. The van der Waals surface area contributed by atoms with Gasteiger partial charge in [-0.05, 0) is 49.9 Å². The first-order valence-corrected chi connectivity index (χ1v) is 9.93. The molecular weight excluding hydrogens is 386 g/mol. The van der Waals surface area contributed by atoms with Crippen LogP contribution in [-0.2, 0) is 4.79 Å². The van der Waals surface area contributed by atoms with Gasteiger partial charge >= 0.3 is 6.09 Å². The summed E-state index contributed by atoms with van der Waals surface area (Å²) in [6.45, 7) is 7.72. The fourth-order valence-corrected chi connectivity index (χ4v) is 3.62. The van der Waals surface area contributed by atoms with Crippen molar-refractivity contribution in [3.8, 4) is 22.6 Å². The van der Waals surface area contributed by atoms with Gasteiger partial charge in [0.1, 0.15) is 23.4 Å². The first-order chi connectivity index (χ1) is 14.2. The third-order valence-electron chi connectivity index (χ3n) is 4.88. The van der Waals surface area contributed by atoms with Crippen LogP contribution in [0.25, 0.3) is 11.1 Å². The van der Waals surface area contributed by atoms with Crippen LogP contribution in [0.4, 0.5) is 10.6 Å². The van der Waals surface area contributed by atoms with Gasteiger partial charge in [0.2, 0.25) is 5.91 Å². The van der Waals surface area contributed by atoms with E-state index in [2.05, 4.69) is 15.6 Å². The third kappa shape index (κ3) is 5.20. The average Bonchev–Trinajstić information content (AvgIpc) is 2.65. The highest BCUT2D eigenvalue weighted by molar-refractivity contribution is 5.89. The zero-order valence-corrected chi connectivity index (χ0v) is 17.6. The molecule has 1 aromatic heterocycles. The van der Waals surface area contributed by atoms with Crippen molar-refractivity contribution >= 4 is 17.8 Å². The van der Waals surface area contributed by atoms with Gasteiger partial charge in [0.15, 0.2) is 0 Å². The van der Waals surface area contributed by atoms with Crippen LogP contribution in [0.1, 0.15) is 45.8 Å². The molecule has 3 atom stereocenters. The highest BCUT2D eigenvalue weighted by Gasteiger charge is 2.24. The number of fused-ring (bicyclic) bond motifs is 3. The molecule has 2 aromatic rings. The first-order valence-electron chi connectivity index (χ1n) is 9.93. The number of pyridine rings is 1. The quantitative estimate of drug-likeness (QED) is 0.627. The van der Waals surface area contributed by atoms with E-state index >= 15 is 0 Å². The van der Waals surface area contributed by atoms with Gasteiger partial charge in [-0.2, -0.15) is 0 Å². The Bertz CT molecular complexity index is 946. The molecule has 30 heavy (non-hydrogen) atoms. The predicted octanol–water partition coefficient (Wildman–Crippen LogP) is 4.22. The fraction of sp³-hybridized carbons (Fsp3) is 0.409. The monoisotopic (exact) mass is 413 g/mol. The number of anilines is 1. The van der Waals surface area contributed by atoms with E-state index < -0.39 is 6.09 Å². The smallest absolute Gasteiger partial charge is 0.404 e. The highest BCUT2D eigenvalue weighted by Crippen LogP contribution is 2.44. The number of carbonyl (C=O) groups is 2. The van der Waals surface area contributed by atoms with Crippen molar-refractivity contribution in [3.63, 3.8) is 0 Å². The van der Waals surface area contributed by atoms with Gasteiger partial charge < -0.3 is 25.2 Å². The molecule has 3 rings (SSSR count). The number of nitrogens with zero attached hydrogens (tertiary/aromatic N) is 1. The number of aromatic nitrogens is 1. The van der Waals surface area contributed by atoms with E-state index in [4.69, 9.17) is 14.6 Å². The molecule has 0 fully saturated rings. The number of hydrogen-bond donors (Lipinski definition) is 3. The lowest BCUT2D eigenvalue weighted by atomic mass is 9.95. The molecule has 1 aliphatic heterocycles. The van der Waals surface area contributed by atoms with Gasteiger partial charge in [-0.15, -0.1) is 0 Å². The second kappa shape index (κ2) is 9.02. The molecule has 160 valence electrons. The van der Waals surface area contributed by atoms with Crippen molar-refractivity contribution in [2.75, 3.05) is 11.9 Å². The van der Waals surface area contributed by atoms with Crippen LogP contribution >= 0.6 is 0 Å². The lowest BCUT2D eigenvalue weighted by molar-refractivity contribution is -0.114. The maximum absolute atomic E-state index is 11.4. The normalized spacial score (nSPS) is 16.3. The Morgan fingerprint density at radius 3 is 2.73 bits per heavy atom. The summed E-state index contributed by atoms with van der Waals surface area (Å²) in [5, 5.41) is 14.0. The van der Waals surface area contributed by atoms with Gasteiger partial charge in [-0.3, -0.25) is 4.79 Å². The number of hydrogen-bond acceptors (Lipinski definition) is 5. The zero-order valence-electron chi connectivity index (χ0n) is 17.6. The van der Waals surface area contributed by atoms with Crippen molar-refractivity contribution in [2.24, 2.45) is 5.92 Å². The van der Waals surface area contributed by atoms with Crippen molar-refractivity contribution < 1.29 is 24.2 Å². The van der Waals surface area contributed by atoms with Gasteiger partial charge in [-0.1, -0.05) is 6.92 Å². The van der Waals surface area contributed by atoms with Gasteiger partial charge in [0, 0.05) is 36.4 Å². The minimum absolute atomic E-state index is 0.142. The molecular formula is C22H27N3O5. The van der Waals surface area contributed by atoms with Crippen LogP contribution in [0.3, 0.4) is 0 Å². The molecule has 8 heteroatoms. The van der Waals surface area contributed by atoms with Gasteiger partial charge in [0.25, 0.3) is 0 Å². The minimum Gasteiger partial charge on any atom is -0.493 e. The van der Waals surface area contributed by atoms with Crippen LogP contribution < -0.4 is 20.1 Å². The lowest BCUT2D eigenvalue weighted by Gasteiger charge is -2.27. The van der Waals surface area contributed by atoms with Crippen molar-refractivity contribution in [1.82, 2.24) is 10.3 Å². The van der Waals surface area contributed by atoms with E-state index in [-0.39, 0.29) is 24.0 Å². The topological polar surface area (TPSA) is 110 Å². The van der Waals surface area contributed by atoms with E-state index in [9.17, 15) is 9.59 Å². The molecule has 2 unspecified atom stereocenters. The number of ether oxygens (including phenoxy) is 2. The predicted molar refractivity (Wildman–Crippen MR) is 113 cm³/mol. The second-order valence-electron chi connectivity index (χ2n) is 7.76. The lowest BCUT2D eigenvalue weighted by Crippen LogP contribution is -2.33. The molecule has 0 spiro atoms. The number of carbonyl (C=O) groups excluding carboxylic acids is 1. The summed E-state index contributed by atoms with van der Waals surface area (Å²) in [4.78, 5) is 26.4. The molecule has 0 aliphatic carbocycles. The summed E-state index contributed by atoms with van der Waals surface area (Å²) in [6, 6.07) is 7.39. The van der Waals surface area contributed by atoms with Gasteiger partial charge in [-0.25, -0.2) is 9.78 Å². The van der Waals surface area contributed by atoms with Crippen LogP contribution in [0.15, 0.2) is 30.5 Å². The molecule has 1 aromatic carbocycles. The number of rotatable bonds is 7. The van der Waals surface area contributed by atoms with E-state index in [0.29, 0.717) is 30.3 Å². The number of benzene rings is 1. The fourth-order valence-electron chi connectivity index (χ4n) is 3.62. The molecule has 2 amide bonds. The Labute approximate surface area is 175 Å². The Hall–Kier alpha value is -3.29. The maximum atomic E-state index is 11.4. The Morgan fingerprint density at radius 1 is 1.27 bits per heavy atom. The van der Waals surface area contributed by atoms with Crippen LogP contribution in [0.5, 0.6) is 11.5 Å². The summed E-state index contributed by atoms with van der Waals surface area (Å²) in [5.74, 6) is 1.90. The second-order valence-corrected chi connectivity index (χ2v) is 7.76. The summed E-state index contributed by atoms with van der Waals surface area (Å²) in [7, 11) is 0. The number of carboxylic acid groups (broad SMARTS) is 1. The molecule has 3 N–H and O–H groups in total. The van der Waals surface area contributed by atoms with Crippen LogP contribution in [-0.4, -0.2) is 34.7 Å². The summed E-state index contributed by atoms with van der Waals surface area (Å²) >= 11 is 0. The van der Waals surface area contributed by atoms with Crippen molar-refractivity contribution in [3.05, 3.63) is 36.0 Å². The molecule has 2 heterocycles. The zero-order chi connectivity index (χ0) is 21.8. The van der Waals surface area contributed by atoms with Crippen LogP contribution in [0, 0.1) is 5.92 Å². The van der Waals surface area contributed by atoms with E-state index in [0.717, 1.165) is 16.7 Å². The van der Waals surface area contributed by atoms with Gasteiger partial charge in [0.05, 0.1) is 6.61 Å². The molecule has 8 nitrogen and oxygen atoms in total. The molecule has 0 saturated heterocycles. The van der Waals surface area contributed by atoms with E-state index in [1.54, 1.807) is 6.20 Å². The Morgan fingerprint density at radius 2 is 2.03 bits per heavy atom. The maximum Gasteiger partial charge on any atom is 0.404 e. The molecule has 0 saturated carbocycles. The Kier molecular flexibility index (Phi) is 6.44. The summed E-state index contributed by atoms with van der Waals surface area (Å²) in [5.41, 5.74) is 2.84. The highest BCUT2D eigenvalue weighted by atomic mass is 16.5. The van der Waals surface area contributed by atoms with E-state index in [1.165, 1.54) is 6.92 Å². The largest absolute Gasteiger partial charge is 0.493 e. The van der Waals surface area contributed by atoms with Crippen molar-refractivity contribution in [2.45, 2.75) is 46.3 Å².